The smallest absolute Gasteiger partial charge is 0.330 e. The van der Waals surface area contributed by atoms with Crippen LogP contribution in [-0.4, -0.2) is 32.6 Å². The lowest BCUT2D eigenvalue weighted by atomic mass is 9.86. The Kier molecular flexibility index (Phi) is 4.66. The van der Waals surface area contributed by atoms with Crippen molar-refractivity contribution in [3.63, 3.8) is 0 Å². The van der Waals surface area contributed by atoms with Gasteiger partial charge in [-0.1, -0.05) is 19.8 Å². The number of aliphatic imine (C=N–C) groups is 1. The molecule has 24 heavy (non-hydrogen) atoms. The normalized spacial score (nSPS) is 27.6. The molecule has 0 aromatic carbocycles. The summed E-state index contributed by atoms with van der Waals surface area (Å²) in [6.07, 6.45) is 7.76. The second-order valence-corrected chi connectivity index (χ2v) is 6.61. The number of imidazole rings is 1. The molecule has 1 saturated carbocycles. The number of aryl methyl sites for hydroxylation is 1. The second kappa shape index (κ2) is 6.72. The number of hydrogen-bond acceptors (Lipinski definition) is 6. The SMILES string of the molecule is CC1=C([N+](=O)[O-])C(n2ccnc2C)=NC(NC2CCCC[C@@H]2C)N1. The minimum absolute atomic E-state index is 0.00848. The third-order valence-electron chi connectivity index (χ3n) is 4.89. The topological polar surface area (TPSA) is 97.4 Å². The van der Waals surface area contributed by atoms with E-state index in [4.69, 9.17) is 0 Å². The molecule has 1 fully saturated rings. The maximum atomic E-state index is 11.5. The number of rotatable bonds is 3. The van der Waals surface area contributed by atoms with Crippen LogP contribution in [-0.2, 0) is 0 Å². The van der Waals surface area contributed by atoms with Crippen LogP contribution in [0.3, 0.4) is 0 Å². The van der Waals surface area contributed by atoms with Gasteiger partial charge < -0.3 is 5.32 Å². The molecule has 0 spiro atoms. The summed E-state index contributed by atoms with van der Waals surface area (Å²) >= 11 is 0. The minimum atomic E-state index is -0.389. The van der Waals surface area contributed by atoms with E-state index in [1.807, 2.05) is 6.92 Å². The first-order chi connectivity index (χ1) is 11.5. The summed E-state index contributed by atoms with van der Waals surface area (Å²) in [5.74, 6) is 1.58. The Morgan fingerprint density at radius 2 is 2.12 bits per heavy atom. The molecule has 1 aromatic rings. The summed E-state index contributed by atoms with van der Waals surface area (Å²) in [7, 11) is 0. The first-order valence-electron chi connectivity index (χ1n) is 8.43. The molecule has 0 bridgehead atoms. The fourth-order valence-electron chi connectivity index (χ4n) is 3.50. The molecule has 2 N–H and O–H groups in total. The zero-order valence-corrected chi connectivity index (χ0v) is 14.3. The van der Waals surface area contributed by atoms with E-state index in [0.29, 0.717) is 29.3 Å². The van der Waals surface area contributed by atoms with Gasteiger partial charge in [-0.2, -0.15) is 0 Å². The van der Waals surface area contributed by atoms with Crippen molar-refractivity contribution in [1.29, 1.82) is 0 Å². The summed E-state index contributed by atoms with van der Waals surface area (Å²) in [6, 6.07) is 0.370. The van der Waals surface area contributed by atoms with Gasteiger partial charge in [-0.25, -0.2) is 9.98 Å². The molecule has 2 unspecified atom stereocenters. The number of allylic oxidation sites excluding steroid dienone is 2. The highest BCUT2D eigenvalue weighted by Gasteiger charge is 2.33. The quantitative estimate of drug-likeness (QED) is 0.652. The largest absolute Gasteiger partial charge is 0.349 e. The van der Waals surface area contributed by atoms with Crippen LogP contribution in [0.4, 0.5) is 0 Å². The Balaban J connectivity index is 1.90. The number of aromatic nitrogens is 2. The minimum Gasteiger partial charge on any atom is -0.349 e. The van der Waals surface area contributed by atoms with Crippen molar-refractivity contribution in [1.82, 2.24) is 20.2 Å². The third-order valence-corrected chi connectivity index (χ3v) is 4.89. The highest BCUT2D eigenvalue weighted by Crippen LogP contribution is 2.25. The molecule has 130 valence electrons. The molecule has 1 aliphatic heterocycles. The summed E-state index contributed by atoms with van der Waals surface area (Å²) in [6.45, 7) is 5.77. The van der Waals surface area contributed by atoms with Crippen molar-refractivity contribution in [3.8, 4) is 0 Å². The van der Waals surface area contributed by atoms with Crippen LogP contribution in [0.5, 0.6) is 0 Å². The van der Waals surface area contributed by atoms with Crippen LogP contribution in [0.15, 0.2) is 28.8 Å². The van der Waals surface area contributed by atoms with Crippen molar-refractivity contribution < 1.29 is 4.92 Å². The maximum absolute atomic E-state index is 11.5. The first-order valence-corrected chi connectivity index (χ1v) is 8.43. The van der Waals surface area contributed by atoms with Gasteiger partial charge in [0.2, 0.25) is 5.84 Å². The van der Waals surface area contributed by atoms with Crippen molar-refractivity contribution in [3.05, 3.63) is 39.7 Å². The van der Waals surface area contributed by atoms with Gasteiger partial charge in [0.15, 0.2) is 6.29 Å². The molecule has 1 aromatic heterocycles. The average Bonchev–Trinajstić information content (AvgIpc) is 2.94. The Labute approximate surface area is 141 Å². The van der Waals surface area contributed by atoms with Crippen LogP contribution < -0.4 is 10.6 Å². The Morgan fingerprint density at radius 3 is 2.75 bits per heavy atom. The van der Waals surface area contributed by atoms with Crippen LogP contribution in [0.2, 0.25) is 0 Å². The fourth-order valence-corrected chi connectivity index (χ4v) is 3.50. The van der Waals surface area contributed by atoms with Gasteiger partial charge in [-0.15, -0.1) is 0 Å². The van der Waals surface area contributed by atoms with Gasteiger partial charge in [0.25, 0.3) is 0 Å². The molecule has 0 amide bonds. The fraction of sp³-hybridized carbons (Fsp3) is 0.625. The number of nitrogens with zero attached hydrogens (tertiary/aromatic N) is 4. The van der Waals surface area contributed by atoms with E-state index in [1.165, 1.54) is 19.3 Å². The lowest BCUT2D eigenvalue weighted by molar-refractivity contribution is -0.417. The highest BCUT2D eigenvalue weighted by atomic mass is 16.6. The van der Waals surface area contributed by atoms with E-state index < -0.39 is 0 Å². The molecule has 0 radical (unpaired) electrons. The van der Waals surface area contributed by atoms with Crippen LogP contribution in [0.25, 0.3) is 0 Å². The molecule has 0 saturated heterocycles. The predicted molar refractivity (Wildman–Crippen MR) is 91.0 cm³/mol. The second-order valence-electron chi connectivity index (χ2n) is 6.61. The lowest BCUT2D eigenvalue weighted by Crippen LogP contribution is -2.52. The molecule has 2 aliphatic rings. The molecule has 8 nitrogen and oxygen atoms in total. The molecular weight excluding hydrogens is 308 g/mol. The first kappa shape index (κ1) is 16.6. The van der Waals surface area contributed by atoms with Crippen LogP contribution >= 0.6 is 0 Å². The van der Waals surface area contributed by atoms with Gasteiger partial charge >= 0.3 is 5.70 Å². The van der Waals surface area contributed by atoms with Gasteiger partial charge in [0.1, 0.15) is 5.82 Å². The number of nitrogens with one attached hydrogen (secondary N) is 2. The Morgan fingerprint density at radius 1 is 1.38 bits per heavy atom. The zero-order chi connectivity index (χ0) is 17.3. The number of hydrogen-bond donors (Lipinski definition) is 2. The van der Waals surface area contributed by atoms with Crippen molar-refractivity contribution in [2.24, 2.45) is 10.9 Å². The predicted octanol–water partition coefficient (Wildman–Crippen LogP) is 2.00. The molecule has 3 atom stereocenters. The van der Waals surface area contributed by atoms with E-state index in [2.05, 4.69) is 27.5 Å². The van der Waals surface area contributed by atoms with Crippen LogP contribution in [0, 0.1) is 23.0 Å². The molecule has 3 rings (SSSR count). The van der Waals surface area contributed by atoms with Gasteiger partial charge in [-0.05, 0) is 32.6 Å². The molecule has 8 heteroatoms. The molecule has 1 aliphatic carbocycles. The van der Waals surface area contributed by atoms with Gasteiger partial charge in [0.05, 0.1) is 10.6 Å². The lowest BCUT2D eigenvalue weighted by Gasteiger charge is -2.33. The van der Waals surface area contributed by atoms with Crippen molar-refractivity contribution in [2.45, 2.75) is 58.8 Å². The monoisotopic (exact) mass is 332 g/mol. The highest BCUT2D eigenvalue weighted by molar-refractivity contribution is 5.99. The zero-order valence-electron chi connectivity index (χ0n) is 14.3. The van der Waals surface area contributed by atoms with E-state index in [9.17, 15) is 10.1 Å². The van der Waals surface area contributed by atoms with E-state index in [0.717, 1.165) is 6.42 Å². The molecular formula is C16H24N6O2. The van der Waals surface area contributed by atoms with Crippen molar-refractivity contribution >= 4 is 5.84 Å². The van der Waals surface area contributed by atoms with E-state index in [1.54, 1.807) is 23.9 Å². The maximum Gasteiger partial charge on any atom is 0.330 e. The standard InChI is InChI=1S/C16H24N6O2/c1-10-6-4-5-7-13(10)19-16-18-11(2)14(22(23)24)15(20-16)21-9-8-17-12(21)3/h8-10,13,16,18-19H,4-7H2,1-3H3/t10-,13?,16?/m0/s1. The Bertz CT molecular complexity index is 692. The summed E-state index contributed by atoms with van der Waals surface area (Å²) in [5, 5.41) is 18.2. The summed E-state index contributed by atoms with van der Waals surface area (Å²) in [4.78, 5) is 19.9. The van der Waals surface area contributed by atoms with Crippen molar-refractivity contribution in [2.75, 3.05) is 0 Å². The van der Waals surface area contributed by atoms with Crippen LogP contribution in [0.1, 0.15) is 45.4 Å². The van der Waals surface area contributed by atoms with E-state index >= 15 is 0 Å². The van der Waals surface area contributed by atoms with E-state index in [-0.39, 0.29) is 16.9 Å². The van der Waals surface area contributed by atoms with Gasteiger partial charge in [0, 0.05) is 18.4 Å². The summed E-state index contributed by atoms with van der Waals surface area (Å²) < 4.78 is 1.67. The Hall–Kier alpha value is -2.22. The summed E-state index contributed by atoms with van der Waals surface area (Å²) in [5.41, 5.74) is 0.505. The average molecular weight is 332 g/mol. The van der Waals surface area contributed by atoms with Gasteiger partial charge in [-0.3, -0.25) is 20.0 Å². The molecule has 2 heterocycles. The number of nitro groups is 1. The third kappa shape index (κ3) is 3.19.